The number of unbranched alkanes of at least 4 members (excludes halogenated alkanes) is 2. The molecule has 1 atom stereocenters. The Labute approximate surface area is 92.4 Å². The standard InChI is InChI=1S/C13H22S/c1-4-6-7-8-12-9-14-10-13(12)11(3)5-2/h9-11H,4-8H2,1-3H3. The monoisotopic (exact) mass is 210 g/mol. The molecule has 0 aliphatic rings. The van der Waals surface area contributed by atoms with E-state index in [0.717, 1.165) is 5.92 Å². The van der Waals surface area contributed by atoms with E-state index in [-0.39, 0.29) is 0 Å². The quantitative estimate of drug-likeness (QED) is 0.580. The first-order valence-electron chi connectivity index (χ1n) is 5.84. The van der Waals surface area contributed by atoms with Crippen LogP contribution in [-0.2, 0) is 6.42 Å². The van der Waals surface area contributed by atoms with E-state index >= 15 is 0 Å². The number of aryl methyl sites for hydroxylation is 1. The Balaban J connectivity index is 2.53. The summed E-state index contributed by atoms with van der Waals surface area (Å²) in [5, 5.41) is 4.69. The van der Waals surface area contributed by atoms with Crippen molar-refractivity contribution < 1.29 is 0 Å². The van der Waals surface area contributed by atoms with E-state index in [9.17, 15) is 0 Å². The molecule has 0 amide bonds. The highest BCUT2D eigenvalue weighted by Crippen LogP contribution is 2.27. The molecule has 0 aliphatic heterocycles. The zero-order valence-corrected chi connectivity index (χ0v) is 10.5. The Hall–Kier alpha value is -0.300. The molecule has 0 bridgehead atoms. The number of hydrogen-bond donors (Lipinski definition) is 0. The van der Waals surface area contributed by atoms with Crippen LogP contribution < -0.4 is 0 Å². The highest BCUT2D eigenvalue weighted by Gasteiger charge is 2.09. The van der Waals surface area contributed by atoms with Crippen LogP contribution in [0.3, 0.4) is 0 Å². The molecule has 0 spiro atoms. The molecule has 1 heterocycles. The molecule has 80 valence electrons. The summed E-state index contributed by atoms with van der Waals surface area (Å²) in [6.45, 7) is 6.88. The SMILES string of the molecule is CCCCCc1cscc1C(C)CC. The first-order valence-corrected chi connectivity index (χ1v) is 6.78. The van der Waals surface area contributed by atoms with E-state index in [4.69, 9.17) is 0 Å². The van der Waals surface area contributed by atoms with E-state index in [1.807, 2.05) is 11.3 Å². The van der Waals surface area contributed by atoms with Crippen LogP contribution in [0.5, 0.6) is 0 Å². The molecule has 0 aliphatic carbocycles. The van der Waals surface area contributed by atoms with E-state index in [2.05, 4.69) is 31.5 Å². The van der Waals surface area contributed by atoms with Crippen LogP contribution in [0.25, 0.3) is 0 Å². The minimum Gasteiger partial charge on any atom is -0.152 e. The zero-order chi connectivity index (χ0) is 10.4. The third kappa shape index (κ3) is 3.13. The molecule has 0 saturated carbocycles. The number of hydrogen-bond acceptors (Lipinski definition) is 1. The summed E-state index contributed by atoms with van der Waals surface area (Å²) in [6.07, 6.45) is 6.60. The third-order valence-electron chi connectivity index (χ3n) is 2.97. The fourth-order valence-corrected chi connectivity index (χ4v) is 2.77. The first kappa shape index (κ1) is 11.8. The maximum Gasteiger partial charge on any atom is -0.00557 e. The summed E-state index contributed by atoms with van der Waals surface area (Å²) >= 11 is 1.87. The minimum absolute atomic E-state index is 0.748. The lowest BCUT2D eigenvalue weighted by Gasteiger charge is -2.09. The molecular weight excluding hydrogens is 188 g/mol. The number of rotatable bonds is 6. The van der Waals surface area contributed by atoms with Gasteiger partial charge in [0.2, 0.25) is 0 Å². The fourth-order valence-electron chi connectivity index (χ4n) is 1.75. The Morgan fingerprint density at radius 2 is 2.00 bits per heavy atom. The second-order valence-corrected chi connectivity index (χ2v) is 4.86. The predicted molar refractivity (Wildman–Crippen MR) is 66.3 cm³/mol. The van der Waals surface area contributed by atoms with E-state index < -0.39 is 0 Å². The van der Waals surface area contributed by atoms with Gasteiger partial charge < -0.3 is 0 Å². The van der Waals surface area contributed by atoms with Gasteiger partial charge in [0.1, 0.15) is 0 Å². The van der Waals surface area contributed by atoms with Crippen LogP contribution in [0.2, 0.25) is 0 Å². The Morgan fingerprint density at radius 3 is 2.64 bits per heavy atom. The summed E-state index contributed by atoms with van der Waals surface area (Å²) in [4.78, 5) is 0. The van der Waals surface area contributed by atoms with Crippen LogP contribution in [-0.4, -0.2) is 0 Å². The molecule has 0 nitrogen and oxygen atoms in total. The highest BCUT2D eigenvalue weighted by molar-refractivity contribution is 7.08. The molecule has 0 aromatic carbocycles. The van der Waals surface area contributed by atoms with E-state index in [1.54, 1.807) is 11.1 Å². The molecule has 0 N–H and O–H groups in total. The lowest BCUT2D eigenvalue weighted by Crippen LogP contribution is -1.94. The van der Waals surface area contributed by atoms with Crippen molar-refractivity contribution in [2.45, 2.75) is 58.8 Å². The third-order valence-corrected chi connectivity index (χ3v) is 3.78. The smallest absolute Gasteiger partial charge is 0.00557 e. The molecule has 1 rings (SSSR count). The lowest BCUT2D eigenvalue weighted by atomic mass is 9.95. The molecule has 14 heavy (non-hydrogen) atoms. The predicted octanol–water partition coefficient (Wildman–Crippen LogP) is 4.99. The zero-order valence-electron chi connectivity index (χ0n) is 9.68. The Bertz CT molecular complexity index is 249. The fraction of sp³-hybridized carbons (Fsp3) is 0.692. The number of thiophene rings is 1. The lowest BCUT2D eigenvalue weighted by molar-refractivity contribution is 0.691. The van der Waals surface area contributed by atoms with Crippen molar-refractivity contribution in [3.05, 3.63) is 21.9 Å². The topological polar surface area (TPSA) is 0 Å². The first-order chi connectivity index (χ1) is 6.79. The van der Waals surface area contributed by atoms with Crippen molar-refractivity contribution >= 4 is 11.3 Å². The molecule has 1 heteroatoms. The molecule has 0 fully saturated rings. The van der Waals surface area contributed by atoms with Crippen LogP contribution >= 0.6 is 11.3 Å². The van der Waals surface area contributed by atoms with E-state index in [0.29, 0.717) is 0 Å². The van der Waals surface area contributed by atoms with Gasteiger partial charge in [-0.25, -0.2) is 0 Å². The van der Waals surface area contributed by atoms with Gasteiger partial charge in [-0.1, -0.05) is 33.6 Å². The second-order valence-electron chi connectivity index (χ2n) is 4.12. The largest absolute Gasteiger partial charge is 0.152 e. The Kier molecular flexibility index (Phi) is 5.24. The summed E-state index contributed by atoms with van der Waals surface area (Å²) in [6, 6.07) is 0. The summed E-state index contributed by atoms with van der Waals surface area (Å²) in [5.41, 5.74) is 3.21. The minimum atomic E-state index is 0.748. The van der Waals surface area contributed by atoms with Gasteiger partial charge >= 0.3 is 0 Å². The van der Waals surface area contributed by atoms with Gasteiger partial charge in [0.15, 0.2) is 0 Å². The molecule has 0 radical (unpaired) electrons. The van der Waals surface area contributed by atoms with Crippen molar-refractivity contribution in [3.63, 3.8) is 0 Å². The van der Waals surface area contributed by atoms with Gasteiger partial charge in [0.05, 0.1) is 0 Å². The van der Waals surface area contributed by atoms with Crippen LogP contribution in [0.15, 0.2) is 10.8 Å². The van der Waals surface area contributed by atoms with Gasteiger partial charge in [-0.15, -0.1) is 0 Å². The van der Waals surface area contributed by atoms with Gasteiger partial charge in [-0.05, 0) is 47.1 Å². The maximum atomic E-state index is 2.34. The van der Waals surface area contributed by atoms with Crippen molar-refractivity contribution in [3.8, 4) is 0 Å². The summed E-state index contributed by atoms with van der Waals surface area (Å²) in [5.74, 6) is 0.748. The summed E-state index contributed by atoms with van der Waals surface area (Å²) < 4.78 is 0. The summed E-state index contributed by atoms with van der Waals surface area (Å²) in [7, 11) is 0. The Morgan fingerprint density at radius 1 is 1.21 bits per heavy atom. The van der Waals surface area contributed by atoms with E-state index in [1.165, 1.54) is 32.1 Å². The highest BCUT2D eigenvalue weighted by atomic mass is 32.1. The van der Waals surface area contributed by atoms with Crippen molar-refractivity contribution in [1.82, 2.24) is 0 Å². The molecule has 1 aromatic rings. The van der Waals surface area contributed by atoms with Crippen LogP contribution in [0.1, 0.15) is 63.5 Å². The molecule has 1 unspecified atom stereocenters. The maximum absolute atomic E-state index is 2.34. The van der Waals surface area contributed by atoms with Crippen LogP contribution in [0, 0.1) is 0 Å². The van der Waals surface area contributed by atoms with Gasteiger partial charge in [-0.3, -0.25) is 0 Å². The van der Waals surface area contributed by atoms with Crippen molar-refractivity contribution in [2.24, 2.45) is 0 Å². The van der Waals surface area contributed by atoms with Gasteiger partial charge in [0, 0.05) is 0 Å². The van der Waals surface area contributed by atoms with Gasteiger partial charge in [0.25, 0.3) is 0 Å². The second kappa shape index (κ2) is 6.23. The van der Waals surface area contributed by atoms with Crippen LogP contribution in [0.4, 0.5) is 0 Å². The van der Waals surface area contributed by atoms with Gasteiger partial charge in [-0.2, -0.15) is 11.3 Å². The normalized spacial score (nSPS) is 13.1. The molecule has 0 saturated heterocycles. The van der Waals surface area contributed by atoms with Crippen molar-refractivity contribution in [1.29, 1.82) is 0 Å². The average molecular weight is 210 g/mol. The average Bonchev–Trinajstić information content (AvgIpc) is 2.65. The molecule has 1 aromatic heterocycles. The molecular formula is C13H22S. The van der Waals surface area contributed by atoms with Crippen molar-refractivity contribution in [2.75, 3.05) is 0 Å².